The van der Waals surface area contributed by atoms with E-state index in [2.05, 4.69) is 15.5 Å². The number of nitriles is 1. The second-order valence-electron chi connectivity index (χ2n) is 4.20. The first kappa shape index (κ1) is 13.3. The minimum atomic E-state index is -0.431. The minimum absolute atomic E-state index is 0.181. The first-order valence-corrected chi connectivity index (χ1v) is 7.28. The van der Waals surface area contributed by atoms with Gasteiger partial charge < -0.3 is 9.73 Å². The molecule has 21 heavy (non-hydrogen) atoms. The van der Waals surface area contributed by atoms with Crippen molar-refractivity contribution in [1.82, 2.24) is 10.2 Å². The van der Waals surface area contributed by atoms with E-state index >= 15 is 0 Å². The Hall–Kier alpha value is -2.72. The van der Waals surface area contributed by atoms with Gasteiger partial charge in [-0.3, -0.25) is 9.89 Å². The summed E-state index contributed by atoms with van der Waals surface area (Å²) in [6.07, 6.45) is 1.81. The van der Waals surface area contributed by atoms with Gasteiger partial charge in [-0.15, -0.1) is 11.8 Å². The van der Waals surface area contributed by atoms with Crippen LogP contribution in [0.1, 0.15) is 16.1 Å². The standard InChI is InChI=1S/C14H10N4O2S/c1-21-14-9(7-15)12(17-18-14)16-13(19)11-6-8-4-2-3-5-10(8)20-11/h2-6H,1H3,(H2,16,17,18,19). The van der Waals surface area contributed by atoms with Gasteiger partial charge in [0.05, 0.1) is 0 Å². The van der Waals surface area contributed by atoms with Gasteiger partial charge in [-0.25, -0.2) is 0 Å². The summed E-state index contributed by atoms with van der Waals surface area (Å²) >= 11 is 1.33. The van der Waals surface area contributed by atoms with Gasteiger partial charge in [0.25, 0.3) is 5.91 Å². The fourth-order valence-electron chi connectivity index (χ4n) is 1.94. The number of aromatic amines is 1. The number of benzene rings is 1. The molecule has 6 nitrogen and oxygen atoms in total. The van der Waals surface area contributed by atoms with Crippen molar-refractivity contribution in [2.45, 2.75) is 5.03 Å². The number of thioether (sulfide) groups is 1. The van der Waals surface area contributed by atoms with E-state index in [-0.39, 0.29) is 11.6 Å². The summed E-state index contributed by atoms with van der Waals surface area (Å²) in [7, 11) is 0. The lowest BCUT2D eigenvalue weighted by Crippen LogP contribution is -2.12. The highest BCUT2D eigenvalue weighted by Gasteiger charge is 2.17. The van der Waals surface area contributed by atoms with Crippen LogP contribution in [0.4, 0.5) is 5.82 Å². The molecule has 0 spiro atoms. The number of fused-ring (bicyclic) bond motifs is 1. The molecule has 0 saturated carbocycles. The van der Waals surface area contributed by atoms with Crippen molar-refractivity contribution < 1.29 is 9.21 Å². The normalized spacial score (nSPS) is 10.5. The molecule has 7 heteroatoms. The maximum absolute atomic E-state index is 12.2. The Balaban J connectivity index is 1.90. The molecular weight excluding hydrogens is 288 g/mol. The lowest BCUT2D eigenvalue weighted by molar-refractivity contribution is 0.0998. The van der Waals surface area contributed by atoms with Crippen LogP contribution in [0, 0.1) is 11.3 Å². The van der Waals surface area contributed by atoms with Gasteiger partial charge in [-0.1, -0.05) is 18.2 Å². The third-order valence-electron chi connectivity index (χ3n) is 2.93. The van der Waals surface area contributed by atoms with Crippen molar-refractivity contribution in [3.63, 3.8) is 0 Å². The predicted molar refractivity (Wildman–Crippen MR) is 79.3 cm³/mol. The number of para-hydroxylation sites is 1. The zero-order chi connectivity index (χ0) is 14.8. The highest BCUT2D eigenvalue weighted by Crippen LogP contribution is 2.24. The summed E-state index contributed by atoms with van der Waals surface area (Å²) in [5.74, 6) is 0.0201. The number of amides is 1. The molecule has 0 fully saturated rings. The average molecular weight is 298 g/mol. The molecule has 104 valence electrons. The lowest BCUT2D eigenvalue weighted by Gasteiger charge is -1.99. The summed E-state index contributed by atoms with van der Waals surface area (Å²) in [4.78, 5) is 12.2. The number of anilines is 1. The number of hydrogen-bond acceptors (Lipinski definition) is 5. The lowest BCUT2D eigenvalue weighted by atomic mass is 10.2. The molecular formula is C14H10N4O2S. The number of carbonyl (C=O) groups is 1. The zero-order valence-electron chi connectivity index (χ0n) is 11.0. The SMILES string of the molecule is CSc1n[nH]c(NC(=O)c2cc3ccccc3o2)c1C#N. The van der Waals surface area contributed by atoms with Crippen molar-refractivity contribution in [2.24, 2.45) is 0 Å². The van der Waals surface area contributed by atoms with Crippen molar-refractivity contribution in [3.8, 4) is 6.07 Å². The fourth-order valence-corrected chi connectivity index (χ4v) is 2.42. The van der Waals surface area contributed by atoms with E-state index in [1.54, 1.807) is 12.1 Å². The Labute approximate surface area is 124 Å². The highest BCUT2D eigenvalue weighted by atomic mass is 32.2. The van der Waals surface area contributed by atoms with Gasteiger partial charge >= 0.3 is 0 Å². The number of carbonyl (C=O) groups excluding carboxylic acids is 1. The number of H-pyrrole nitrogens is 1. The van der Waals surface area contributed by atoms with E-state index in [4.69, 9.17) is 9.68 Å². The average Bonchev–Trinajstić information content (AvgIpc) is 3.10. The van der Waals surface area contributed by atoms with Crippen LogP contribution < -0.4 is 5.32 Å². The second kappa shape index (κ2) is 5.34. The van der Waals surface area contributed by atoms with Crippen molar-refractivity contribution in [1.29, 1.82) is 5.26 Å². The van der Waals surface area contributed by atoms with Crippen LogP contribution in [-0.2, 0) is 0 Å². The van der Waals surface area contributed by atoms with Crippen molar-refractivity contribution in [3.05, 3.63) is 41.7 Å². The van der Waals surface area contributed by atoms with E-state index in [1.807, 2.05) is 30.5 Å². The van der Waals surface area contributed by atoms with Gasteiger partial charge in [-0.2, -0.15) is 10.4 Å². The van der Waals surface area contributed by atoms with Crippen LogP contribution in [0.3, 0.4) is 0 Å². The molecule has 0 atom stereocenters. The molecule has 1 amide bonds. The molecule has 0 radical (unpaired) electrons. The van der Waals surface area contributed by atoms with Crippen molar-refractivity contribution >= 4 is 34.5 Å². The molecule has 2 heterocycles. The Morgan fingerprint density at radius 3 is 3.00 bits per heavy atom. The molecule has 0 aliphatic rings. The summed E-state index contributed by atoms with van der Waals surface area (Å²) < 4.78 is 5.47. The molecule has 2 N–H and O–H groups in total. The maximum Gasteiger partial charge on any atom is 0.292 e. The number of nitrogens with zero attached hydrogens (tertiary/aromatic N) is 2. The van der Waals surface area contributed by atoms with Gasteiger partial charge in [0.2, 0.25) is 0 Å². The molecule has 1 aromatic carbocycles. The van der Waals surface area contributed by atoms with E-state index in [0.29, 0.717) is 16.2 Å². The first-order chi connectivity index (χ1) is 10.2. The minimum Gasteiger partial charge on any atom is -0.451 e. The smallest absolute Gasteiger partial charge is 0.292 e. The number of hydrogen-bond donors (Lipinski definition) is 2. The topological polar surface area (TPSA) is 94.7 Å². The van der Waals surface area contributed by atoms with Gasteiger partial charge in [-0.05, 0) is 18.4 Å². The molecule has 0 unspecified atom stereocenters. The first-order valence-electron chi connectivity index (χ1n) is 6.05. The van der Waals surface area contributed by atoms with Crippen LogP contribution in [0.5, 0.6) is 0 Å². The Morgan fingerprint density at radius 2 is 2.29 bits per heavy atom. The van der Waals surface area contributed by atoms with Crippen LogP contribution >= 0.6 is 11.8 Å². The van der Waals surface area contributed by atoms with E-state index in [0.717, 1.165) is 5.39 Å². The third kappa shape index (κ3) is 2.37. The molecule has 2 aromatic heterocycles. The predicted octanol–water partition coefficient (Wildman–Crippen LogP) is 3.00. The third-order valence-corrected chi connectivity index (χ3v) is 3.61. The van der Waals surface area contributed by atoms with Gasteiger partial charge in [0.1, 0.15) is 28.1 Å². The molecule has 3 rings (SSSR count). The summed E-state index contributed by atoms with van der Waals surface area (Å²) in [6.45, 7) is 0. The summed E-state index contributed by atoms with van der Waals surface area (Å²) in [5.41, 5.74) is 0.949. The van der Waals surface area contributed by atoms with Crippen LogP contribution in [0.2, 0.25) is 0 Å². The Bertz CT molecular complexity index is 826. The molecule has 3 aromatic rings. The maximum atomic E-state index is 12.2. The number of aromatic nitrogens is 2. The number of nitrogens with one attached hydrogen (secondary N) is 2. The van der Waals surface area contributed by atoms with E-state index in [1.165, 1.54) is 11.8 Å². The van der Waals surface area contributed by atoms with Crippen LogP contribution in [0.25, 0.3) is 11.0 Å². The van der Waals surface area contributed by atoms with Crippen LogP contribution in [0.15, 0.2) is 39.8 Å². The fraction of sp³-hybridized carbons (Fsp3) is 0.0714. The van der Waals surface area contributed by atoms with Gasteiger partial charge in [0.15, 0.2) is 5.76 Å². The molecule has 0 aliphatic heterocycles. The van der Waals surface area contributed by atoms with E-state index < -0.39 is 5.91 Å². The monoisotopic (exact) mass is 298 g/mol. The van der Waals surface area contributed by atoms with Gasteiger partial charge in [0, 0.05) is 5.39 Å². The number of rotatable bonds is 3. The molecule has 0 aliphatic carbocycles. The highest BCUT2D eigenvalue weighted by molar-refractivity contribution is 7.98. The Morgan fingerprint density at radius 1 is 1.48 bits per heavy atom. The van der Waals surface area contributed by atoms with E-state index in [9.17, 15) is 4.79 Å². The molecule has 0 saturated heterocycles. The zero-order valence-corrected chi connectivity index (χ0v) is 11.8. The summed E-state index contributed by atoms with van der Waals surface area (Å²) in [5, 5.41) is 19.7. The molecule has 0 bridgehead atoms. The quantitative estimate of drug-likeness (QED) is 0.725. The number of furan rings is 1. The Kier molecular flexibility index (Phi) is 3.38. The van der Waals surface area contributed by atoms with Crippen LogP contribution in [-0.4, -0.2) is 22.4 Å². The van der Waals surface area contributed by atoms with Crippen molar-refractivity contribution in [2.75, 3.05) is 11.6 Å². The summed E-state index contributed by atoms with van der Waals surface area (Å²) in [6, 6.07) is 11.0. The second-order valence-corrected chi connectivity index (χ2v) is 4.99. The largest absolute Gasteiger partial charge is 0.451 e.